The summed E-state index contributed by atoms with van der Waals surface area (Å²) in [5, 5.41) is 0. The molecule has 0 radical (unpaired) electrons. The van der Waals surface area contributed by atoms with Gasteiger partial charge in [0.25, 0.3) is 0 Å². The third-order valence-electron chi connectivity index (χ3n) is 5.81. The summed E-state index contributed by atoms with van der Waals surface area (Å²) in [4.78, 5) is 24.7. The Morgan fingerprint density at radius 2 is 1.12 bits per heavy atom. The van der Waals surface area contributed by atoms with E-state index in [2.05, 4.69) is 13.8 Å². The van der Waals surface area contributed by atoms with Gasteiger partial charge in [-0.3, -0.25) is 9.59 Å². The van der Waals surface area contributed by atoms with E-state index >= 15 is 0 Å². The molecule has 0 heterocycles. The molecule has 1 unspecified atom stereocenters. The average Bonchev–Trinajstić information content (AvgIpc) is 2.81. The summed E-state index contributed by atoms with van der Waals surface area (Å²) in [7, 11) is 0. The van der Waals surface area contributed by atoms with Crippen LogP contribution in [0.3, 0.4) is 0 Å². The van der Waals surface area contributed by atoms with Gasteiger partial charge < -0.3 is 9.47 Å². The van der Waals surface area contributed by atoms with Crippen molar-refractivity contribution in [3.05, 3.63) is 59.7 Å². The molecule has 0 bridgehead atoms. The van der Waals surface area contributed by atoms with Crippen molar-refractivity contribution < 1.29 is 19.1 Å². The Balaban J connectivity index is 1.73. The maximum absolute atomic E-state index is 12.4. The molecule has 1 atom stereocenters. The SMILES string of the molecule is CCCCCCc1ccc(OC(=O)CC(C)C(=O)Oc2ccc(CCCCCC)cc2)cc1. The quantitative estimate of drug-likeness (QED) is 0.160. The third-order valence-corrected chi connectivity index (χ3v) is 5.81. The van der Waals surface area contributed by atoms with Crippen LogP contribution in [0, 0.1) is 5.92 Å². The molecule has 0 saturated carbocycles. The largest absolute Gasteiger partial charge is 0.427 e. The Kier molecular flexibility index (Phi) is 12.3. The van der Waals surface area contributed by atoms with Crippen LogP contribution in [0.25, 0.3) is 0 Å². The molecule has 0 spiro atoms. The van der Waals surface area contributed by atoms with Crippen LogP contribution in [-0.2, 0) is 22.4 Å². The van der Waals surface area contributed by atoms with Gasteiger partial charge >= 0.3 is 11.9 Å². The fraction of sp³-hybridized carbons (Fsp3) is 0.517. The zero-order valence-electron chi connectivity index (χ0n) is 20.6. The van der Waals surface area contributed by atoms with Gasteiger partial charge in [0.2, 0.25) is 0 Å². The van der Waals surface area contributed by atoms with E-state index in [9.17, 15) is 9.59 Å². The first kappa shape index (κ1) is 26.6. The molecule has 0 aliphatic rings. The van der Waals surface area contributed by atoms with E-state index in [-0.39, 0.29) is 6.42 Å². The van der Waals surface area contributed by atoms with Gasteiger partial charge in [-0.15, -0.1) is 0 Å². The predicted octanol–water partition coefficient (Wildman–Crippen LogP) is 7.47. The maximum Gasteiger partial charge on any atom is 0.314 e. The Hall–Kier alpha value is -2.62. The highest BCUT2D eigenvalue weighted by molar-refractivity contribution is 5.82. The molecule has 0 saturated heterocycles. The van der Waals surface area contributed by atoms with Crippen LogP contribution < -0.4 is 9.47 Å². The van der Waals surface area contributed by atoms with Gasteiger partial charge in [0.15, 0.2) is 0 Å². The second-order valence-corrected chi connectivity index (χ2v) is 8.91. The number of ether oxygens (including phenoxy) is 2. The van der Waals surface area contributed by atoms with Crippen molar-refractivity contribution >= 4 is 11.9 Å². The van der Waals surface area contributed by atoms with Crippen molar-refractivity contribution in [1.82, 2.24) is 0 Å². The topological polar surface area (TPSA) is 52.6 Å². The number of unbranched alkanes of at least 4 members (excludes halogenated alkanes) is 6. The van der Waals surface area contributed by atoms with E-state index in [1.165, 1.54) is 62.5 Å². The maximum atomic E-state index is 12.4. The van der Waals surface area contributed by atoms with Crippen LogP contribution in [-0.4, -0.2) is 11.9 Å². The van der Waals surface area contributed by atoms with Gasteiger partial charge in [0.05, 0.1) is 12.3 Å². The summed E-state index contributed by atoms with van der Waals surface area (Å²) in [5.74, 6) is -0.425. The lowest BCUT2D eigenvalue weighted by Crippen LogP contribution is -2.22. The smallest absolute Gasteiger partial charge is 0.314 e. The van der Waals surface area contributed by atoms with E-state index < -0.39 is 17.9 Å². The van der Waals surface area contributed by atoms with Crippen molar-refractivity contribution in [1.29, 1.82) is 0 Å². The van der Waals surface area contributed by atoms with E-state index in [4.69, 9.17) is 9.47 Å². The van der Waals surface area contributed by atoms with Crippen molar-refractivity contribution in [2.75, 3.05) is 0 Å². The van der Waals surface area contributed by atoms with Gasteiger partial charge in [-0.25, -0.2) is 0 Å². The summed E-state index contributed by atoms with van der Waals surface area (Å²) in [6.45, 7) is 6.10. The summed E-state index contributed by atoms with van der Waals surface area (Å²) in [6, 6.07) is 15.3. The molecule has 0 aliphatic carbocycles. The lowest BCUT2D eigenvalue weighted by atomic mass is 10.1. The van der Waals surface area contributed by atoms with Gasteiger partial charge in [-0.05, 0) is 61.1 Å². The van der Waals surface area contributed by atoms with E-state index in [0.717, 1.165) is 12.8 Å². The minimum Gasteiger partial charge on any atom is -0.427 e. The van der Waals surface area contributed by atoms with Crippen molar-refractivity contribution in [2.24, 2.45) is 5.92 Å². The Bertz CT molecular complexity index is 824. The van der Waals surface area contributed by atoms with Crippen LogP contribution in [0.1, 0.15) is 89.7 Å². The lowest BCUT2D eigenvalue weighted by molar-refractivity contribution is -0.144. The first-order valence-electron chi connectivity index (χ1n) is 12.6. The molecular formula is C29H40O4. The molecule has 33 heavy (non-hydrogen) atoms. The molecule has 0 amide bonds. The Labute approximate surface area is 199 Å². The number of carbonyl (C=O) groups excluding carboxylic acids is 2. The van der Waals surface area contributed by atoms with Crippen LogP contribution >= 0.6 is 0 Å². The normalized spacial score (nSPS) is 11.7. The van der Waals surface area contributed by atoms with Gasteiger partial charge in [-0.2, -0.15) is 0 Å². The lowest BCUT2D eigenvalue weighted by Gasteiger charge is -2.12. The highest BCUT2D eigenvalue weighted by Crippen LogP contribution is 2.19. The number of carbonyl (C=O) groups is 2. The number of benzene rings is 2. The molecule has 2 rings (SSSR count). The number of esters is 2. The molecule has 0 aliphatic heterocycles. The zero-order valence-corrected chi connectivity index (χ0v) is 20.6. The predicted molar refractivity (Wildman–Crippen MR) is 134 cm³/mol. The van der Waals surface area contributed by atoms with Gasteiger partial charge in [0, 0.05) is 0 Å². The number of hydrogen-bond donors (Lipinski definition) is 0. The minimum atomic E-state index is -0.580. The molecule has 4 heteroatoms. The molecule has 4 nitrogen and oxygen atoms in total. The molecule has 0 aromatic heterocycles. The molecule has 180 valence electrons. The fourth-order valence-corrected chi connectivity index (χ4v) is 3.68. The second-order valence-electron chi connectivity index (χ2n) is 8.91. The fourth-order valence-electron chi connectivity index (χ4n) is 3.68. The standard InChI is InChI=1S/C29H40O4/c1-4-6-8-10-12-24-14-18-26(19-15-24)32-28(30)22-23(3)29(31)33-27-20-16-25(17-21-27)13-11-9-7-5-2/h14-21,23H,4-13,22H2,1-3H3. The first-order valence-corrected chi connectivity index (χ1v) is 12.6. The second kappa shape index (κ2) is 15.3. The number of hydrogen-bond acceptors (Lipinski definition) is 4. The van der Waals surface area contributed by atoms with Crippen LogP contribution in [0.4, 0.5) is 0 Å². The molecule has 0 fully saturated rings. The highest BCUT2D eigenvalue weighted by Gasteiger charge is 2.20. The average molecular weight is 453 g/mol. The summed E-state index contributed by atoms with van der Waals surface area (Å²) >= 11 is 0. The third kappa shape index (κ3) is 10.7. The van der Waals surface area contributed by atoms with Crippen LogP contribution in [0.5, 0.6) is 11.5 Å². The Morgan fingerprint density at radius 3 is 1.58 bits per heavy atom. The van der Waals surface area contributed by atoms with Crippen LogP contribution in [0.15, 0.2) is 48.5 Å². The molecule has 2 aromatic carbocycles. The molecular weight excluding hydrogens is 412 g/mol. The number of rotatable bonds is 15. The molecule has 0 N–H and O–H groups in total. The minimum absolute atomic E-state index is 0.0207. The Morgan fingerprint density at radius 1 is 0.667 bits per heavy atom. The van der Waals surface area contributed by atoms with Gasteiger partial charge in [0.1, 0.15) is 11.5 Å². The highest BCUT2D eigenvalue weighted by atomic mass is 16.5. The van der Waals surface area contributed by atoms with Crippen molar-refractivity contribution in [2.45, 2.75) is 91.4 Å². The summed E-state index contributed by atoms with van der Waals surface area (Å²) in [6.07, 6.45) is 11.9. The van der Waals surface area contributed by atoms with Crippen LogP contribution in [0.2, 0.25) is 0 Å². The van der Waals surface area contributed by atoms with E-state index in [1.807, 2.05) is 48.5 Å². The number of aryl methyl sites for hydroxylation is 2. The van der Waals surface area contributed by atoms with Crippen molar-refractivity contribution in [3.63, 3.8) is 0 Å². The van der Waals surface area contributed by atoms with Gasteiger partial charge in [-0.1, -0.05) is 83.6 Å². The van der Waals surface area contributed by atoms with E-state index in [0.29, 0.717) is 11.5 Å². The van der Waals surface area contributed by atoms with Crippen molar-refractivity contribution in [3.8, 4) is 11.5 Å². The first-order chi connectivity index (χ1) is 16.0. The summed E-state index contributed by atoms with van der Waals surface area (Å²) < 4.78 is 10.9. The zero-order chi connectivity index (χ0) is 23.9. The monoisotopic (exact) mass is 452 g/mol. The molecule has 2 aromatic rings. The summed E-state index contributed by atoms with van der Waals surface area (Å²) in [5.41, 5.74) is 2.49. The van der Waals surface area contributed by atoms with E-state index in [1.54, 1.807) is 6.92 Å².